The van der Waals surface area contributed by atoms with Gasteiger partial charge in [0.2, 0.25) is 0 Å². The maximum atomic E-state index is 7.04. The molecule has 322 valence electrons. The molecule has 0 radical (unpaired) electrons. The zero-order valence-corrected chi connectivity index (χ0v) is 38.9. The van der Waals surface area contributed by atoms with Crippen molar-refractivity contribution in [1.29, 1.82) is 0 Å². The molecule has 0 N–H and O–H groups in total. The van der Waals surface area contributed by atoms with E-state index in [4.69, 9.17) is 8.83 Å². The molecule has 0 unspecified atom stereocenters. The highest BCUT2D eigenvalue weighted by atomic mass is 16.3. The highest BCUT2D eigenvalue weighted by Crippen LogP contribution is 2.51. The number of para-hydroxylation sites is 4. The Morgan fingerprint density at radius 3 is 1.06 bits per heavy atom. The summed E-state index contributed by atoms with van der Waals surface area (Å²) in [5.41, 5.74) is 17.4. The third kappa shape index (κ3) is 6.11. The highest BCUT2D eigenvalue weighted by Gasteiger charge is 2.27. The van der Waals surface area contributed by atoms with Gasteiger partial charge in [0.15, 0.2) is 11.2 Å². The van der Waals surface area contributed by atoms with E-state index in [2.05, 4.69) is 223 Å². The molecule has 0 atom stereocenters. The maximum Gasteiger partial charge on any atom is 0.159 e. The van der Waals surface area contributed by atoms with Gasteiger partial charge in [0.1, 0.15) is 11.2 Å². The van der Waals surface area contributed by atoms with Crippen LogP contribution in [0.15, 0.2) is 167 Å². The third-order valence-electron chi connectivity index (χ3n) is 13.8. The van der Waals surface area contributed by atoms with Gasteiger partial charge in [0.05, 0.1) is 22.7 Å². The Balaban J connectivity index is 1.14. The van der Waals surface area contributed by atoms with Crippen molar-refractivity contribution in [3.8, 4) is 0 Å². The lowest BCUT2D eigenvalue weighted by Gasteiger charge is -2.30. The summed E-state index contributed by atoms with van der Waals surface area (Å²) in [5, 5.41) is 11.8. The molecule has 12 aromatic rings. The summed E-state index contributed by atoms with van der Waals surface area (Å²) in [6.45, 7) is 17.7. The van der Waals surface area contributed by atoms with Crippen molar-refractivity contribution in [1.82, 2.24) is 0 Å². The molecular formula is C62H52N2O2. The van der Waals surface area contributed by atoms with Crippen molar-refractivity contribution >= 4 is 110 Å². The van der Waals surface area contributed by atoms with Crippen LogP contribution in [0.2, 0.25) is 0 Å². The second kappa shape index (κ2) is 15.0. The number of rotatable bonds is 8. The third-order valence-corrected chi connectivity index (χ3v) is 13.8. The normalized spacial score (nSPS) is 12.2. The molecule has 0 aliphatic carbocycles. The minimum absolute atomic E-state index is 0.325. The van der Waals surface area contributed by atoms with Gasteiger partial charge in [-0.1, -0.05) is 137 Å². The number of nitrogens with zero attached hydrogens (tertiary/aromatic N) is 2. The summed E-state index contributed by atoms with van der Waals surface area (Å²) >= 11 is 0. The number of furan rings is 2. The van der Waals surface area contributed by atoms with E-state index >= 15 is 0 Å². The van der Waals surface area contributed by atoms with Gasteiger partial charge in [-0.15, -0.1) is 0 Å². The van der Waals surface area contributed by atoms with Gasteiger partial charge in [-0.05, 0) is 143 Å². The highest BCUT2D eigenvalue weighted by molar-refractivity contribution is 6.29. The van der Waals surface area contributed by atoms with Crippen LogP contribution in [-0.4, -0.2) is 0 Å². The quantitative estimate of drug-likeness (QED) is 0.143. The van der Waals surface area contributed by atoms with E-state index in [0.717, 1.165) is 78.0 Å². The van der Waals surface area contributed by atoms with Crippen LogP contribution in [0.4, 0.5) is 34.1 Å². The summed E-state index contributed by atoms with van der Waals surface area (Å²) in [6, 6.07) is 58.5. The first-order valence-electron chi connectivity index (χ1n) is 23.4. The molecule has 0 amide bonds. The fourth-order valence-corrected chi connectivity index (χ4v) is 11.1. The van der Waals surface area contributed by atoms with Crippen LogP contribution in [-0.2, 0) is 0 Å². The first-order chi connectivity index (χ1) is 32.0. The Hall–Kier alpha value is -7.56. The lowest BCUT2D eigenvalue weighted by atomic mass is 9.91. The number of benzene rings is 10. The van der Waals surface area contributed by atoms with Crippen molar-refractivity contribution in [3.05, 3.63) is 191 Å². The molecule has 12 rings (SSSR count). The van der Waals surface area contributed by atoms with Gasteiger partial charge in [-0.25, -0.2) is 0 Å². The monoisotopic (exact) mass is 856 g/mol. The SMILES string of the molecule is Cc1cc(C)cc(N(c2ccc3ccc4c(N(c5cc(C)cc(C)c5)c5cccc6c5oc5c(C(C)C)cccc56)ccc5ccc2c3c54)c2cccc3c2oc2c(C(C)C)cccc23)c1. The van der Waals surface area contributed by atoms with Crippen LogP contribution < -0.4 is 9.80 Å². The Morgan fingerprint density at radius 1 is 0.333 bits per heavy atom. The van der Waals surface area contributed by atoms with E-state index in [1.165, 1.54) is 65.7 Å². The summed E-state index contributed by atoms with van der Waals surface area (Å²) in [5.74, 6) is 0.650. The molecule has 0 spiro atoms. The van der Waals surface area contributed by atoms with E-state index in [1.54, 1.807) is 0 Å². The van der Waals surface area contributed by atoms with Crippen LogP contribution in [0, 0.1) is 27.7 Å². The Labute approximate surface area is 385 Å². The molecule has 0 aliphatic heterocycles. The van der Waals surface area contributed by atoms with Crippen molar-refractivity contribution in [2.75, 3.05) is 9.80 Å². The van der Waals surface area contributed by atoms with Crippen LogP contribution >= 0.6 is 0 Å². The van der Waals surface area contributed by atoms with E-state index in [1.807, 2.05) is 0 Å². The van der Waals surface area contributed by atoms with Gasteiger partial charge < -0.3 is 18.6 Å². The lowest BCUT2D eigenvalue weighted by Crippen LogP contribution is -2.12. The van der Waals surface area contributed by atoms with Gasteiger partial charge in [-0.2, -0.15) is 0 Å². The molecule has 10 aromatic carbocycles. The Bertz CT molecular complexity index is 3610. The number of hydrogen-bond donors (Lipinski definition) is 0. The molecule has 4 heteroatoms. The number of hydrogen-bond acceptors (Lipinski definition) is 4. The largest absolute Gasteiger partial charge is 0.454 e. The smallest absolute Gasteiger partial charge is 0.159 e. The number of fused-ring (bicyclic) bond motifs is 6. The Morgan fingerprint density at radius 2 is 0.682 bits per heavy atom. The second-order valence-electron chi connectivity index (χ2n) is 19.2. The molecule has 0 saturated heterocycles. The average molecular weight is 857 g/mol. The van der Waals surface area contributed by atoms with Crippen LogP contribution in [0.3, 0.4) is 0 Å². The van der Waals surface area contributed by atoms with Gasteiger partial charge in [-0.3, -0.25) is 0 Å². The zero-order valence-electron chi connectivity index (χ0n) is 38.9. The molecule has 0 saturated carbocycles. The molecule has 2 aromatic heterocycles. The fourth-order valence-electron chi connectivity index (χ4n) is 11.1. The molecular weight excluding hydrogens is 805 g/mol. The molecule has 0 aliphatic rings. The Kier molecular flexibility index (Phi) is 9.09. The minimum atomic E-state index is 0.325. The summed E-state index contributed by atoms with van der Waals surface area (Å²) in [7, 11) is 0. The van der Waals surface area contributed by atoms with Crippen molar-refractivity contribution in [2.24, 2.45) is 0 Å². The van der Waals surface area contributed by atoms with Crippen molar-refractivity contribution in [2.45, 2.75) is 67.2 Å². The fraction of sp³-hybridized carbons (Fsp3) is 0.161. The van der Waals surface area contributed by atoms with E-state index in [9.17, 15) is 0 Å². The van der Waals surface area contributed by atoms with Gasteiger partial charge in [0.25, 0.3) is 0 Å². The zero-order chi connectivity index (χ0) is 45.1. The molecule has 66 heavy (non-hydrogen) atoms. The van der Waals surface area contributed by atoms with Crippen molar-refractivity contribution in [3.63, 3.8) is 0 Å². The lowest BCUT2D eigenvalue weighted by molar-refractivity contribution is 0.657. The van der Waals surface area contributed by atoms with Crippen LogP contribution in [0.1, 0.15) is 72.9 Å². The van der Waals surface area contributed by atoms with E-state index in [0.29, 0.717) is 11.8 Å². The van der Waals surface area contributed by atoms with Crippen LogP contribution in [0.25, 0.3) is 76.2 Å². The number of anilines is 6. The van der Waals surface area contributed by atoms with Crippen molar-refractivity contribution < 1.29 is 8.83 Å². The van der Waals surface area contributed by atoms with E-state index < -0.39 is 0 Å². The summed E-state index contributed by atoms with van der Waals surface area (Å²) in [4.78, 5) is 4.87. The summed E-state index contributed by atoms with van der Waals surface area (Å²) in [6.07, 6.45) is 0. The van der Waals surface area contributed by atoms with Gasteiger partial charge in [0, 0.05) is 43.7 Å². The predicted octanol–water partition coefficient (Wildman–Crippen LogP) is 18.8. The second-order valence-corrected chi connectivity index (χ2v) is 19.2. The molecule has 2 heterocycles. The minimum Gasteiger partial charge on any atom is -0.454 e. The molecule has 4 nitrogen and oxygen atoms in total. The van der Waals surface area contributed by atoms with E-state index in [-0.39, 0.29) is 0 Å². The topological polar surface area (TPSA) is 32.8 Å². The average Bonchev–Trinajstić information content (AvgIpc) is 3.88. The van der Waals surface area contributed by atoms with Gasteiger partial charge >= 0.3 is 0 Å². The number of aryl methyl sites for hydroxylation is 4. The van der Waals surface area contributed by atoms with Crippen LogP contribution in [0.5, 0.6) is 0 Å². The molecule has 0 bridgehead atoms. The maximum absolute atomic E-state index is 7.04. The molecule has 0 fully saturated rings. The first-order valence-corrected chi connectivity index (χ1v) is 23.4. The first kappa shape index (κ1) is 40.0. The summed E-state index contributed by atoms with van der Waals surface area (Å²) < 4.78 is 14.1. The predicted molar refractivity (Wildman–Crippen MR) is 281 cm³/mol. The standard InChI is InChI=1S/C62H52N2O2/c1-35(2)45-13-9-15-47-49-17-11-19-55(61(49)65-59(45)47)63(43-31-37(5)29-38(6)32-43)53-27-23-41-22-26-52-54(28-24-42-21-25-51(53)57(41)58(42)52)64(44-33-39(7)30-40(8)34-44)56-20-12-18-50-48-16-10-14-46(36(3)4)60(48)66-62(50)56/h9-36H,1-8H3.